The van der Waals surface area contributed by atoms with Crippen molar-refractivity contribution >= 4 is 11.3 Å². The van der Waals surface area contributed by atoms with E-state index in [2.05, 4.69) is 9.97 Å². The maximum absolute atomic E-state index is 5.52. The molecule has 0 amide bonds. The Morgan fingerprint density at radius 3 is 2.85 bits per heavy atom. The van der Waals surface area contributed by atoms with E-state index in [9.17, 15) is 0 Å². The number of hydrogen-bond acceptors (Lipinski definition) is 4. The van der Waals surface area contributed by atoms with Crippen LogP contribution in [-0.2, 0) is 6.54 Å². The van der Waals surface area contributed by atoms with E-state index in [4.69, 9.17) is 5.73 Å². The Labute approximate surface area is 80.3 Å². The first-order valence-electron chi connectivity index (χ1n) is 3.93. The third kappa shape index (κ3) is 1.74. The molecule has 2 aromatic rings. The van der Waals surface area contributed by atoms with Gasteiger partial charge in [0.15, 0.2) is 0 Å². The molecule has 2 N–H and O–H groups in total. The first kappa shape index (κ1) is 8.34. The minimum Gasteiger partial charge on any atom is -0.326 e. The molecular weight excluding hydrogens is 182 g/mol. The van der Waals surface area contributed by atoms with Gasteiger partial charge in [-0.25, -0.2) is 0 Å². The van der Waals surface area contributed by atoms with Crippen LogP contribution in [0.15, 0.2) is 30.2 Å². The zero-order valence-corrected chi connectivity index (χ0v) is 7.79. The van der Waals surface area contributed by atoms with Crippen molar-refractivity contribution < 1.29 is 0 Å². The summed E-state index contributed by atoms with van der Waals surface area (Å²) in [4.78, 5) is 9.25. The molecule has 3 nitrogen and oxygen atoms in total. The summed E-state index contributed by atoms with van der Waals surface area (Å²) in [6.45, 7) is 0.527. The summed E-state index contributed by atoms with van der Waals surface area (Å²) < 4.78 is 0. The van der Waals surface area contributed by atoms with Crippen molar-refractivity contribution in [1.82, 2.24) is 9.97 Å². The van der Waals surface area contributed by atoms with Gasteiger partial charge < -0.3 is 5.73 Å². The molecule has 2 rings (SSSR count). The Morgan fingerprint density at radius 1 is 1.23 bits per heavy atom. The predicted molar refractivity (Wildman–Crippen MR) is 53.2 cm³/mol. The van der Waals surface area contributed by atoms with Crippen LogP contribution in [0.3, 0.4) is 0 Å². The summed E-state index contributed by atoms with van der Waals surface area (Å²) in [6, 6.07) is 2.04. The molecule has 2 aromatic heterocycles. The second-order valence-corrected chi connectivity index (χ2v) is 3.54. The smallest absolute Gasteiger partial charge is 0.0797 e. The van der Waals surface area contributed by atoms with Gasteiger partial charge in [-0.15, -0.1) is 11.3 Å². The van der Waals surface area contributed by atoms with Crippen molar-refractivity contribution in [3.63, 3.8) is 0 Å². The highest BCUT2D eigenvalue weighted by Gasteiger charge is 1.99. The van der Waals surface area contributed by atoms with Crippen molar-refractivity contribution in [1.29, 1.82) is 0 Å². The quantitative estimate of drug-likeness (QED) is 0.785. The Morgan fingerprint density at radius 2 is 2.15 bits per heavy atom. The van der Waals surface area contributed by atoms with Gasteiger partial charge in [-0.2, -0.15) is 0 Å². The lowest BCUT2D eigenvalue weighted by molar-refractivity contribution is 1.05. The normalized spacial score (nSPS) is 10.2. The highest BCUT2D eigenvalue weighted by atomic mass is 32.1. The summed E-state index contributed by atoms with van der Waals surface area (Å²) in [5.74, 6) is 0. The van der Waals surface area contributed by atoms with Crippen molar-refractivity contribution in [3.05, 3.63) is 35.7 Å². The molecular formula is C9H9N3S. The van der Waals surface area contributed by atoms with Crippen LogP contribution in [0.4, 0.5) is 0 Å². The minimum absolute atomic E-state index is 0.527. The lowest BCUT2D eigenvalue weighted by atomic mass is 10.2. The Kier molecular flexibility index (Phi) is 2.33. The van der Waals surface area contributed by atoms with Crippen LogP contribution in [0.2, 0.25) is 0 Å². The average molecular weight is 191 g/mol. The van der Waals surface area contributed by atoms with Gasteiger partial charge in [0, 0.05) is 30.7 Å². The maximum Gasteiger partial charge on any atom is 0.0797 e. The number of nitrogens with two attached hydrogens (primary N) is 1. The van der Waals surface area contributed by atoms with Gasteiger partial charge in [0.2, 0.25) is 0 Å². The van der Waals surface area contributed by atoms with E-state index in [0.717, 1.165) is 16.0 Å². The maximum atomic E-state index is 5.52. The topological polar surface area (TPSA) is 51.8 Å². The Hall–Kier alpha value is -1.26. The molecule has 0 spiro atoms. The van der Waals surface area contributed by atoms with E-state index in [0.29, 0.717) is 6.54 Å². The number of pyridine rings is 1. The van der Waals surface area contributed by atoms with E-state index >= 15 is 0 Å². The van der Waals surface area contributed by atoms with Gasteiger partial charge in [-0.3, -0.25) is 9.97 Å². The van der Waals surface area contributed by atoms with E-state index < -0.39 is 0 Å². The van der Waals surface area contributed by atoms with Crippen molar-refractivity contribution in [3.8, 4) is 10.4 Å². The zero-order valence-electron chi connectivity index (χ0n) is 6.97. The van der Waals surface area contributed by atoms with Crippen LogP contribution < -0.4 is 5.73 Å². The van der Waals surface area contributed by atoms with E-state index in [1.807, 2.05) is 24.0 Å². The number of nitrogens with zero attached hydrogens (tertiary/aromatic N) is 2. The molecule has 66 valence electrons. The Bertz CT molecular complexity index is 384. The fourth-order valence-corrected chi connectivity index (χ4v) is 1.70. The van der Waals surface area contributed by atoms with E-state index in [1.54, 1.807) is 17.5 Å². The summed E-state index contributed by atoms with van der Waals surface area (Å²) >= 11 is 1.60. The fraction of sp³-hybridized carbons (Fsp3) is 0.111. The van der Waals surface area contributed by atoms with Crippen LogP contribution >= 0.6 is 11.3 Å². The summed E-state index contributed by atoms with van der Waals surface area (Å²) in [5.41, 5.74) is 9.47. The molecule has 0 atom stereocenters. The van der Waals surface area contributed by atoms with Gasteiger partial charge in [-0.05, 0) is 11.6 Å². The van der Waals surface area contributed by atoms with Gasteiger partial charge in [0.25, 0.3) is 0 Å². The number of thiazole rings is 1. The third-order valence-electron chi connectivity index (χ3n) is 1.75. The molecule has 0 aliphatic rings. The molecule has 0 saturated carbocycles. The second-order valence-electron chi connectivity index (χ2n) is 2.65. The summed E-state index contributed by atoms with van der Waals surface area (Å²) in [5, 5.41) is 0. The summed E-state index contributed by atoms with van der Waals surface area (Å²) in [6.07, 6.45) is 5.44. The zero-order chi connectivity index (χ0) is 9.10. The highest BCUT2D eigenvalue weighted by molar-refractivity contribution is 7.13. The first-order valence-corrected chi connectivity index (χ1v) is 4.81. The van der Waals surface area contributed by atoms with Crippen LogP contribution in [-0.4, -0.2) is 9.97 Å². The number of aromatic nitrogens is 2. The van der Waals surface area contributed by atoms with E-state index in [-0.39, 0.29) is 0 Å². The monoisotopic (exact) mass is 191 g/mol. The van der Waals surface area contributed by atoms with Crippen molar-refractivity contribution in [2.24, 2.45) is 5.73 Å². The summed E-state index contributed by atoms with van der Waals surface area (Å²) in [7, 11) is 0. The average Bonchev–Trinajstić information content (AvgIpc) is 2.71. The van der Waals surface area contributed by atoms with Gasteiger partial charge in [0.05, 0.1) is 10.4 Å². The SMILES string of the molecule is NCc1cncc(-c2cncs2)c1. The molecule has 4 heteroatoms. The molecule has 0 unspecified atom stereocenters. The molecule has 0 aromatic carbocycles. The molecule has 0 bridgehead atoms. The predicted octanol–water partition coefficient (Wildman–Crippen LogP) is 1.66. The molecule has 0 radical (unpaired) electrons. The van der Waals surface area contributed by atoms with Crippen molar-refractivity contribution in [2.45, 2.75) is 6.54 Å². The molecule has 0 fully saturated rings. The molecule has 2 heterocycles. The third-order valence-corrected chi connectivity index (χ3v) is 2.57. The molecule has 0 aliphatic heterocycles. The molecule has 0 saturated heterocycles. The van der Waals surface area contributed by atoms with Gasteiger partial charge >= 0.3 is 0 Å². The molecule has 0 aliphatic carbocycles. The van der Waals surface area contributed by atoms with Crippen LogP contribution in [0.25, 0.3) is 10.4 Å². The lowest BCUT2D eigenvalue weighted by Crippen LogP contribution is -1.96. The van der Waals surface area contributed by atoms with E-state index in [1.165, 1.54) is 0 Å². The minimum atomic E-state index is 0.527. The first-order chi connectivity index (χ1) is 6.40. The highest BCUT2D eigenvalue weighted by Crippen LogP contribution is 2.22. The van der Waals surface area contributed by atoms with Gasteiger partial charge in [0.1, 0.15) is 0 Å². The van der Waals surface area contributed by atoms with Crippen LogP contribution in [0.5, 0.6) is 0 Å². The largest absolute Gasteiger partial charge is 0.326 e. The van der Waals surface area contributed by atoms with Crippen LogP contribution in [0.1, 0.15) is 5.56 Å². The number of rotatable bonds is 2. The van der Waals surface area contributed by atoms with Crippen molar-refractivity contribution in [2.75, 3.05) is 0 Å². The van der Waals surface area contributed by atoms with Crippen LogP contribution in [0, 0.1) is 0 Å². The second kappa shape index (κ2) is 3.64. The Balaban J connectivity index is 2.41. The van der Waals surface area contributed by atoms with Gasteiger partial charge in [-0.1, -0.05) is 0 Å². The molecule has 13 heavy (non-hydrogen) atoms. The lowest BCUT2D eigenvalue weighted by Gasteiger charge is -1.98. The standard InChI is InChI=1S/C9H9N3S/c10-2-7-1-8(4-11-3-7)9-5-12-6-13-9/h1,3-6H,2,10H2. The fourth-order valence-electron chi connectivity index (χ4n) is 1.09. The number of hydrogen-bond donors (Lipinski definition) is 1.